The largest absolute Gasteiger partial charge is 0.309 e. The molecule has 1 unspecified atom stereocenters. The molecular formula is C15H14BrF2N. The van der Waals surface area contributed by atoms with Crippen LogP contribution in [0.3, 0.4) is 0 Å². The van der Waals surface area contributed by atoms with E-state index in [1.165, 1.54) is 18.2 Å². The van der Waals surface area contributed by atoms with E-state index in [2.05, 4.69) is 21.2 Å². The van der Waals surface area contributed by atoms with Crippen LogP contribution in [0.2, 0.25) is 0 Å². The van der Waals surface area contributed by atoms with Crippen molar-refractivity contribution >= 4 is 15.9 Å². The van der Waals surface area contributed by atoms with E-state index in [0.717, 1.165) is 5.56 Å². The van der Waals surface area contributed by atoms with Crippen molar-refractivity contribution in [1.82, 2.24) is 5.32 Å². The maximum absolute atomic E-state index is 14.0. The third-order valence-corrected chi connectivity index (χ3v) is 3.67. The molecule has 1 nitrogen and oxygen atoms in total. The standard InChI is InChI=1S/C15H14BrF2N/c1-9-6-10(8-11(17)7-9)15(19-2)14-12(16)4-3-5-13(14)18/h3-8,15,19H,1-2H3. The Morgan fingerprint density at radius 2 is 1.89 bits per heavy atom. The van der Waals surface area contributed by atoms with Crippen molar-refractivity contribution in [1.29, 1.82) is 0 Å². The summed E-state index contributed by atoms with van der Waals surface area (Å²) in [5, 5.41) is 3.03. The molecule has 2 rings (SSSR count). The topological polar surface area (TPSA) is 12.0 Å². The Morgan fingerprint density at radius 1 is 1.16 bits per heavy atom. The Bertz CT molecular complexity index is 558. The fraction of sp³-hybridized carbons (Fsp3) is 0.200. The number of rotatable bonds is 3. The zero-order valence-corrected chi connectivity index (χ0v) is 12.3. The third kappa shape index (κ3) is 3.01. The Labute approximate surface area is 119 Å². The highest BCUT2D eigenvalue weighted by Gasteiger charge is 2.19. The van der Waals surface area contributed by atoms with Crippen LogP contribution in [0.1, 0.15) is 22.7 Å². The van der Waals surface area contributed by atoms with Gasteiger partial charge in [0, 0.05) is 10.0 Å². The number of aryl methyl sites for hydroxylation is 1. The van der Waals surface area contributed by atoms with Crippen LogP contribution >= 0.6 is 15.9 Å². The first-order valence-corrected chi connectivity index (χ1v) is 6.70. The molecule has 0 saturated carbocycles. The van der Waals surface area contributed by atoms with Crippen LogP contribution in [0.15, 0.2) is 40.9 Å². The second-order valence-corrected chi connectivity index (χ2v) is 5.27. The van der Waals surface area contributed by atoms with Gasteiger partial charge in [-0.05, 0) is 49.4 Å². The fourth-order valence-corrected chi connectivity index (χ4v) is 2.77. The van der Waals surface area contributed by atoms with E-state index in [0.29, 0.717) is 15.6 Å². The molecule has 2 aromatic carbocycles. The summed E-state index contributed by atoms with van der Waals surface area (Å²) in [5.41, 5.74) is 1.99. The molecule has 1 N–H and O–H groups in total. The van der Waals surface area contributed by atoms with Gasteiger partial charge in [0.05, 0.1) is 6.04 Å². The lowest BCUT2D eigenvalue weighted by Gasteiger charge is -2.20. The van der Waals surface area contributed by atoms with E-state index < -0.39 is 6.04 Å². The summed E-state index contributed by atoms with van der Waals surface area (Å²) in [6, 6.07) is 9.13. The smallest absolute Gasteiger partial charge is 0.129 e. The van der Waals surface area contributed by atoms with Gasteiger partial charge >= 0.3 is 0 Å². The van der Waals surface area contributed by atoms with E-state index in [1.54, 1.807) is 19.2 Å². The zero-order chi connectivity index (χ0) is 14.0. The summed E-state index contributed by atoms with van der Waals surface area (Å²) in [6.07, 6.45) is 0. The predicted molar refractivity (Wildman–Crippen MR) is 76.1 cm³/mol. The molecule has 0 aromatic heterocycles. The van der Waals surface area contributed by atoms with Gasteiger partial charge in [-0.3, -0.25) is 0 Å². The maximum atomic E-state index is 14.0. The lowest BCUT2D eigenvalue weighted by Crippen LogP contribution is -2.20. The molecule has 0 aliphatic heterocycles. The first-order valence-electron chi connectivity index (χ1n) is 5.91. The third-order valence-electron chi connectivity index (χ3n) is 2.97. The van der Waals surface area contributed by atoms with Crippen molar-refractivity contribution in [3.8, 4) is 0 Å². The van der Waals surface area contributed by atoms with E-state index in [9.17, 15) is 8.78 Å². The molecule has 0 heterocycles. The van der Waals surface area contributed by atoms with Gasteiger partial charge in [0.15, 0.2) is 0 Å². The van der Waals surface area contributed by atoms with Gasteiger partial charge in [0.25, 0.3) is 0 Å². The molecule has 0 aliphatic rings. The minimum atomic E-state index is -0.398. The van der Waals surface area contributed by atoms with Crippen molar-refractivity contribution < 1.29 is 8.78 Å². The minimum absolute atomic E-state index is 0.317. The van der Waals surface area contributed by atoms with Gasteiger partial charge in [-0.1, -0.05) is 28.1 Å². The van der Waals surface area contributed by atoms with Crippen molar-refractivity contribution in [2.24, 2.45) is 0 Å². The molecule has 100 valence electrons. The number of hydrogen-bond acceptors (Lipinski definition) is 1. The second-order valence-electron chi connectivity index (χ2n) is 4.42. The molecule has 2 aromatic rings. The van der Waals surface area contributed by atoms with E-state index in [-0.39, 0.29) is 11.6 Å². The molecule has 0 bridgehead atoms. The second kappa shape index (κ2) is 5.80. The SMILES string of the molecule is CNC(c1cc(C)cc(F)c1)c1c(F)cccc1Br. The van der Waals surface area contributed by atoms with Gasteiger partial charge < -0.3 is 5.32 Å². The molecule has 0 radical (unpaired) electrons. The summed E-state index contributed by atoms with van der Waals surface area (Å²) in [7, 11) is 1.73. The molecule has 0 fully saturated rings. The summed E-state index contributed by atoms with van der Waals surface area (Å²) in [6.45, 7) is 1.82. The zero-order valence-electron chi connectivity index (χ0n) is 10.7. The molecule has 0 amide bonds. The average Bonchev–Trinajstić information content (AvgIpc) is 2.32. The number of nitrogens with one attached hydrogen (secondary N) is 1. The monoisotopic (exact) mass is 325 g/mol. The molecule has 0 aliphatic carbocycles. The van der Waals surface area contributed by atoms with Crippen LogP contribution in [-0.4, -0.2) is 7.05 Å². The normalized spacial score (nSPS) is 12.5. The summed E-state index contributed by atoms with van der Waals surface area (Å²) >= 11 is 3.35. The number of hydrogen-bond donors (Lipinski definition) is 1. The lowest BCUT2D eigenvalue weighted by molar-refractivity contribution is 0.569. The Hall–Kier alpha value is -1.26. The molecule has 19 heavy (non-hydrogen) atoms. The fourth-order valence-electron chi connectivity index (χ4n) is 2.20. The summed E-state index contributed by atoms with van der Waals surface area (Å²) in [4.78, 5) is 0. The first kappa shape index (κ1) is 14.2. The summed E-state index contributed by atoms with van der Waals surface area (Å²) in [5.74, 6) is -0.640. The van der Waals surface area contributed by atoms with E-state index in [1.807, 2.05) is 13.0 Å². The Kier molecular flexibility index (Phi) is 4.32. The lowest BCUT2D eigenvalue weighted by atomic mass is 9.97. The summed E-state index contributed by atoms with van der Waals surface area (Å²) < 4.78 is 28.2. The van der Waals surface area contributed by atoms with E-state index in [4.69, 9.17) is 0 Å². The Balaban J connectivity index is 2.56. The van der Waals surface area contributed by atoms with Crippen molar-refractivity contribution in [2.45, 2.75) is 13.0 Å². The van der Waals surface area contributed by atoms with Crippen LogP contribution in [0, 0.1) is 18.6 Å². The van der Waals surface area contributed by atoms with Crippen molar-refractivity contribution in [3.05, 3.63) is 69.2 Å². The van der Waals surface area contributed by atoms with Gasteiger partial charge in [0.1, 0.15) is 11.6 Å². The van der Waals surface area contributed by atoms with Crippen LogP contribution in [-0.2, 0) is 0 Å². The van der Waals surface area contributed by atoms with Crippen LogP contribution < -0.4 is 5.32 Å². The molecule has 4 heteroatoms. The van der Waals surface area contributed by atoms with E-state index >= 15 is 0 Å². The average molecular weight is 326 g/mol. The van der Waals surface area contributed by atoms with Crippen LogP contribution in [0.5, 0.6) is 0 Å². The van der Waals surface area contributed by atoms with Crippen molar-refractivity contribution in [3.63, 3.8) is 0 Å². The quantitative estimate of drug-likeness (QED) is 0.884. The van der Waals surface area contributed by atoms with Crippen LogP contribution in [0.4, 0.5) is 8.78 Å². The molecule has 0 spiro atoms. The minimum Gasteiger partial charge on any atom is -0.309 e. The highest BCUT2D eigenvalue weighted by atomic mass is 79.9. The van der Waals surface area contributed by atoms with Gasteiger partial charge in [-0.2, -0.15) is 0 Å². The molecule has 1 atom stereocenters. The van der Waals surface area contributed by atoms with Crippen molar-refractivity contribution in [2.75, 3.05) is 7.05 Å². The maximum Gasteiger partial charge on any atom is 0.129 e. The molecular weight excluding hydrogens is 312 g/mol. The highest BCUT2D eigenvalue weighted by Crippen LogP contribution is 2.31. The van der Waals surface area contributed by atoms with Gasteiger partial charge in [-0.25, -0.2) is 8.78 Å². The van der Waals surface area contributed by atoms with Crippen LogP contribution in [0.25, 0.3) is 0 Å². The molecule has 0 saturated heterocycles. The van der Waals surface area contributed by atoms with Gasteiger partial charge in [0.2, 0.25) is 0 Å². The number of halogens is 3. The Morgan fingerprint density at radius 3 is 2.47 bits per heavy atom. The van der Waals surface area contributed by atoms with Gasteiger partial charge in [-0.15, -0.1) is 0 Å². The first-order chi connectivity index (χ1) is 9.02. The predicted octanol–water partition coefficient (Wildman–Crippen LogP) is 4.34. The highest BCUT2D eigenvalue weighted by molar-refractivity contribution is 9.10. The number of benzene rings is 2.